The fourth-order valence-corrected chi connectivity index (χ4v) is 0.194. The van der Waals surface area contributed by atoms with Crippen LogP contribution >= 0.6 is 11.6 Å². The van der Waals surface area contributed by atoms with Gasteiger partial charge in [0.15, 0.2) is 0 Å². The monoisotopic (exact) mass is 147 g/mol. The van der Waals surface area contributed by atoms with Crippen molar-refractivity contribution in [2.75, 3.05) is 0 Å². The smallest absolute Gasteiger partial charge is 0.348 e. The molecule has 9 heavy (non-hydrogen) atoms. The van der Waals surface area contributed by atoms with Gasteiger partial charge >= 0.3 is 6.03 Å². The van der Waals surface area contributed by atoms with Crippen LogP contribution in [0.3, 0.4) is 0 Å². The molecule has 2 N–H and O–H groups in total. The van der Waals surface area contributed by atoms with Crippen LogP contribution in [0.4, 0.5) is 4.79 Å². The minimum atomic E-state index is -0.826. The number of urea groups is 1. The molecule has 0 atom stereocenters. The third kappa shape index (κ3) is 4.96. The summed E-state index contributed by atoms with van der Waals surface area (Å²) in [6, 6.07) is -0.826. The van der Waals surface area contributed by atoms with Crippen LogP contribution in [0.1, 0.15) is 6.92 Å². The van der Waals surface area contributed by atoms with Crippen LogP contribution in [-0.2, 0) is 0 Å². The topological polar surface area (TPSA) is 67.8 Å². The van der Waals surface area contributed by atoms with Crippen LogP contribution in [0, 0.1) is 0 Å². The third-order valence-electron chi connectivity index (χ3n) is 0.464. The molecule has 0 spiro atoms. The van der Waals surface area contributed by atoms with Crippen molar-refractivity contribution in [3.05, 3.63) is 11.2 Å². The average Bonchev–Trinajstić information content (AvgIpc) is 1.83. The van der Waals surface area contributed by atoms with E-state index in [0.29, 0.717) is 5.70 Å². The average molecular weight is 148 g/mol. The minimum Gasteiger partial charge on any atom is -0.348 e. The predicted octanol–water partition coefficient (Wildman–Crippen LogP) is 1.62. The third-order valence-corrected chi connectivity index (χ3v) is 0.780. The molecule has 0 aliphatic rings. The van der Waals surface area contributed by atoms with E-state index in [9.17, 15) is 4.79 Å². The van der Waals surface area contributed by atoms with Crippen molar-refractivity contribution >= 4 is 17.6 Å². The lowest BCUT2D eigenvalue weighted by atomic mass is 10.6. The Labute approximate surface area is 57.4 Å². The zero-order valence-corrected chi connectivity index (χ0v) is 5.59. The summed E-state index contributed by atoms with van der Waals surface area (Å²) >= 11 is 5.17. The number of nitrogens with two attached hydrogens (primary N) is 1. The summed E-state index contributed by atoms with van der Waals surface area (Å²) in [6.07, 6.45) is 0. The molecule has 2 amide bonds. The number of allylic oxidation sites excluding steroid dienone is 1. The summed E-state index contributed by atoms with van der Waals surface area (Å²) in [5, 5.41) is 6.33. The molecule has 4 nitrogen and oxygen atoms in total. The lowest BCUT2D eigenvalue weighted by Gasteiger charge is -1.81. The second-order valence-electron chi connectivity index (χ2n) is 1.29. The molecule has 0 fully saturated rings. The van der Waals surface area contributed by atoms with E-state index in [4.69, 9.17) is 11.6 Å². The molecule has 0 aliphatic carbocycles. The van der Waals surface area contributed by atoms with Crippen LogP contribution in [-0.4, -0.2) is 6.03 Å². The first-order valence-corrected chi connectivity index (χ1v) is 2.58. The minimum absolute atomic E-state index is 0.440. The van der Waals surface area contributed by atoms with E-state index < -0.39 is 6.03 Å². The molecule has 0 saturated carbocycles. The van der Waals surface area contributed by atoms with Crippen molar-refractivity contribution < 1.29 is 4.79 Å². The predicted molar refractivity (Wildman–Crippen MR) is 34.0 cm³/mol. The number of carbonyl (C=O) groups excluding carboxylic acids is 1. The van der Waals surface area contributed by atoms with Crippen molar-refractivity contribution in [2.45, 2.75) is 6.92 Å². The molecule has 0 unspecified atom stereocenters. The standard InChI is InChI=1S/C4H6ClN3O/c1-3(2-5)7-8-4(6)9/h2H,1H3,(H2,6,9)/b3-2+,8-7?. The summed E-state index contributed by atoms with van der Waals surface area (Å²) in [6.45, 7) is 1.60. The van der Waals surface area contributed by atoms with Gasteiger partial charge in [-0.3, -0.25) is 0 Å². The zero-order chi connectivity index (χ0) is 7.28. The normalized spacial score (nSPS) is 12.4. The largest absolute Gasteiger partial charge is 0.356 e. The summed E-state index contributed by atoms with van der Waals surface area (Å²) in [7, 11) is 0. The highest BCUT2D eigenvalue weighted by Gasteiger charge is 1.84. The molecule has 0 aromatic rings. The summed E-state index contributed by atoms with van der Waals surface area (Å²) < 4.78 is 0. The fourth-order valence-electron chi connectivity index (χ4n) is 0.150. The number of halogens is 1. The molecule has 0 aromatic heterocycles. The first-order chi connectivity index (χ1) is 4.16. The second-order valence-corrected chi connectivity index (χ2v) is 1.51. The number of carbonyl (C=O) groups is 1. The van der Waals surface area contributed by atoms with Gasteiger partial charge in [0.1, 0.15) is 0 Å². The van der Waals surface area contributed by atoms with Gasteiger partial charge in [-0.25, -0.2) is 4.79 Å². The number of amides is 2. The lowest BCUT2D eigenvalue weighted by molar-refractivity contribution is 0.255. The van der Waals surface area contributed by atoms with Gasteiger partial charge in [-0.15, -0.1) is 5.11 Å². The molecule has 0 rings (SSSR count). The van der Waals surface area contributed by atoms with Crippen molar-refractivity contribution in [1.82, 2.24) is 0 Å². The molecule has 0 aliphatic heterocycles. The maximum atomic E-state index is 9.91. The molecular formula is C4H6ClN3O. The second kappa shape index (κ2) is 4.03. The Morgan fingerprint density at radius 1 is 1.67 bits per heavy atom. The Morgan fingerprint density at radius 3 is 2.56 bits per heavy atom. The number of hydrogen-bond acceptors (Lipinski definition) is 2. The maximum absolute atomic E-state index is 9.91. The number of rotatable bonds is 1. The quantitative estimate of drug-likeness (QED) is 0.563. The summed E-state index contributed by atoms with van der Waals surface area (Å²) in [5.74, 6) is 0. The van der Waals surface area contributed by atoms with Crippen LogP contribution in [0.25, 0.3) is 0 Å². The van der Waals surface area contributed by atoms with E-state index in [1.54, 1.807) is 6.92 Å². The highest BCUT2D eigenvalue weighted by atomic mass is 35.5. The lowest BCUT2D eigenvalue weighted by Crippen LogP contribution is -2.02. The van der Waals surface area contributed by atoms with Crippen molar-refractivity contribution in [3.63, 3.8) is 0 Å². The Kier molecular flexibility index (Phi) is 3.62. The Bertz CT molecular complexity index is 163. The SMILES string of the molecule is C/C(=C\Cl)N=NC(N)=O. The Balaban J connectivity index is 3.86. The molecule has 50 valence electrons. The maximum Gasteiger partial charge on any atom is 0.356 e. The molecule has 0 bridgehead atoms. The van der Waals surface area contributed by atoms with E-state index in [0.717, 1.165) is 0 Å². The zero-order valence-electron chi connectivity index (χ0n) is 4.84. The molecule has 0 saturated heterocycles. The van der Waals surface area contributed by atoms with Crippen molar-refractivity contribution in [2.24, 2.45) is 16.0 Å². The van der Waals surface area contributed by atoms with Gasteiger partial charge in [-0.05, 0) is 6.92 Å². The van der Waals surface area contributed by atoms with Crippen molar-refractivity contribution in [3.8, 4) is 0 Å². The van der Waals surface area contributed by atoms with E-state index >= 15 is 0 Å². The van der Waals surface area contributed by atoms with E-state index in [2.05, 4.69) is 16.0 Å². The number of primary amides is 1. The van der Waals surface area contributed by atoms with E-state index in [-0.39, 0.29) is 0 Å². The van der Waals surface area contributed by atoms with Gasteiger partial charge in [0.25, 0.3) is 0 Å². The van der Waals surface area contributed by atoms with E-state index in [1.165, 1.54) is 5.54 Å². The fraction of sp³-hybridized carbons (Fsp3) is 0.250. The van der Waals surface area contributed by atoms with Crippen LogP contribution in [0.2, 0.25) is 0 Å². The highest BCUT2D eigenvalue weighted by Crippen LogP contribution is 1.96. The summed E-state index contributed by atoms with van der Waals surface area (Å²) in [5.41, 5.74) is 6.27. The van der Waals surface area contributed by atoms with Gasteiger partial charge in [-0.2, -0.15) is 0 Å². The summed E-state index contributed by atoms with van der Waals surface area (Å²) in [4.78, 5) is 9.91. The van der Waals surface area contributed by atoms with Gasteiger partial charge in [0.2, 0.25) is 0 Å². The number of azo groups is 1. The van der Waals surface area contributed by atoms with Crippen LogP contribution in [0.15, 0.2) is 21.5 Å². The molecule has 0 radical (unpaired) electrons. The Hall–Kier alpha value is -0.900. The molecule has 0 heterocycles. The van der Waals surface area contributed by atoms with Crippen LogP contribution in [0.5, 0.6) is 0 Å². The first-order valence-electron chi connectivity index (χ1n) is 2.15. The molecular weight excluding hydrogens is 142 g/mol. The van der Waals surface area contributed by atoms with Gasteiger partial charge < -0.3 is 5.73 Å². The van der Waals surface area contributed by atoms with Crippen LogP contribution < -0.4 is 5.73 Å². The van der Waals surface area contributed by atoms with Gasteiger partial charge in [0.05, 0.1) is 5.70 Å². The first kappa shape index (κ1) is 8.10. The highest BCUT2D eigenvalue weighted by molar-refractivity contribution is 6.25. The van der Waals surface area contributed by atoms with E-state index in [1.807, 2.05) is 0 Å². The molecule has 5 heteroatoms. The van der Waals surface area contributed by atoms with Crippen molar-refractivity contribution in [1.29, 1.82) is 0 Å². The molecule has 0 aromatic carbocycles. The Morgan fingerprint density at radius 2 is 2.22 bits per heavy atom. The number of hydrogen-bond donors (Lipinski definition) is 1. The van der Waals surface area contributed by atoms with Gasteiger partial charge in [0, 0.05) is 5.54 Å². The van der Waals surface area contributed by atoms with Gasteiger partial charge in [-0.1, -0.05) is 16.7 Å². The number of nitrogens with zero attached hydrogens (tertiary/aromatic N) is 2.